The van der Waals surface area contributed by atoms with E-state index in [1.807, 2.05) is 30.0 Å². The number of hydrogen-bond acceptors (Lipinski definition) is 5. The molecule has 0 radical (unpaired) electrons. The lowest BCUT2D eigenvalue weighted by Gasteiger charge is -2.25. The van der Waals surface area contributed by atoms with E-state index in [4.69, 9.17) is 14.6 Å². The minimum atomic E-state index is -0.795. The Balaban J connectivity index is 2.75. The van der Waals surface area contributed by atoms with Crippen LogP contribution in [0.25, 0.3) is 0 Å². The Bertz CT molecular complexity index is 465. The number of carbonyl (C=O) groups is 1. The fourth-order valence-corrected chi connectivity index (χ4v) is 2.18. The SMILES string of the molecule is CCN(CCC(=O)O)c1ccc(CNCCOC)cc1OC. The Morgan fingerprint density at radius 3 is 2.73 bits per heavy atom. The number of aliphatic carboxylic acids is 1. The van der Waals surface area contributed by atoms with Crippen molar-refractivity contribution in [3.8, 4) is 5.75 Å². The van der Waals surface area contributed by atoms with Crippen LogP contribution in [0.1, 0.15) is 18.9 Å². The molecule has 1 aromatic rings. The van der Waals surface area contributed by atoms with Gasteiger partial charge in [-0.1, -0.05) is 6.07 Å². The smallest absolute Gasteiger partial charge is 0.305 e. The van der Waals surface area contributed by atoms with Crippen molar-refractivity contribution < 1.29 is 19.4 Å². The van der Waals surface area contributed by atoms with Crippen molar-refractivity contribution >= 4 is 11.7 Å². The molecule has 0 aliphatic heterocycles. The van der Waals surface area contributed by atoms with Gasteiger partial charge in [0.25, 0.3) is 0 Å². The molecule has 0 aromatic heterocycles. The summed E-state index contributed by atoms with van der Waals surface area (Å²) < 4.78 is 10.5. The van der Waals surface area contributed by atoms with Crippen LogP contribution in [-0.4, -0.2) is 51.5 Å². The number of nitrogens with zero attached hydrogens (tertiary/aromatic N) is 1. The maximum absolute atomic E-state index is 10.8. The molecule has 0 aliphatic rings. The number of ether oxygens (including phenoxy) is 2. The summed E-state index contributed by atoms with van der Waals surface area (Å²) >= 11 is 0. The zero-order valence-electron chi connectivity index (χ0n) is 13.6. The molecule has 0 atom stereocenters. The Kier molecular flexibility index (Phi) is 8.32. The van der Waals surface area contributed by atoms with Crippen LogP contribution < -0.4 is 15.0 Å². The van der Waals surface area contributed by atoms with Crippen molar-refractivity contribution in [2.24, 2.45) is 0 Å². The fraction of sp³-hybridized carbons (Fsp3) is 0.562. The standard InChI is InChI=1S/C16H26N2O4/c1-4-18(9-7-16(19)20)14-6-5-13(11-15(14)22-3)12-17-8-10-21-2/h5-6,11,17H,4,7-10,12H2,1-3H3,(H,19,20). The summed E-state index contributed by atoms with van der Waals surface area (Å²) in [7, 11) is 3.31. The van der Waals surface area contributed by atoms with Gasteiger partial charge in [-0.15, -0.1) is 0 Å². The molecule has 6 heteroatoms. The van der Waals surface area contributed by atoms with E-state index in [0.717, 1.165) is 36.6 Å². The molecule has 0 unspecified atom stereocenters. The maximum atomic E-state index is 10.8. The lowest BCUT2D eigenvalue weighted by Crippen LogP contribution is -2.26. The van der Waals surface area contributed by atoms with E-state index in [1.165, 1.54) is 0 Å². The van der Waals surface area contributed by atoms with Gasteiger partial charge in [0.15, 0.2) is 0 Å². The summed E-state index contributed by atoms with van der Waals surface area (Å²) in [4.78, 5) is 12.8. The van der Waals surface area contributed by atoms with E-state index < -0.39 is 5.97 Å². The van der Waals surface area contributed by atoms with Gasteiger partial charge < -0.3 is 24.8 Å². The van der Waals surface area contributed by atoms with Crippen LogP contribution in [0, 0.1) is 0 Å². The number of benzene rings is 1. The molecule has 0 aliphatic carbocycles. The van der Waals surface area contributed by atoms with Crippen molar-refractivity contribution in [3.63, 3.8) is 0 Å². The lowest BCUT2D eigenvalue weighted by atomic mass is 10.1. The second-order valence-corrected chi connectivity index (χ2v) is 4.90. The van der Waals surface area contributed by atoms with Gasteiger partial charge in [0.1, 0.15) is 5.75 Å². The predicted molar refractivity (Wildman–Crippen MR) is 86.7 cm³/mol. The highest BCUT2D eigenvalue weighted by Crippen LogP contribution is 2.29. The first kappa shape index (κ1) is 18.3. The highest BCUT2D eigenvalue weighted by molar-refractivity contribution is 5.68. The molecule has 0 heterocycles. The average molecular weight is 310 g/mol. The molecule has 0 saturated heterocycles. The number of nitrogens with one attached hydrogen (secondary N) is 1. The molecule has 0 saturated carbocycles. The minimum Gasteiger partial charge on any atom is -0.495 e. The Hall–Kier alpha value is -1.79. The highest BCUT2D eigenvalue weighted by atomic mass is 16.5. The Labute approximate surface area is 132 Å². The number of carboxylic acid groups (broad SMARTS) is 1. The van der Waals surface area contributed by atoms with Crippen LogP contribution in [-0.2, 0) is 16.1 Å². The normalized spacial score (nSPS) is 10.5. The van der Waals surface area contributed by atoms with Crippen LogP contribution in [0.3, 0.4) is 0 Å². The molecule has 1 aromatic carbocycles. The van der Waals surface area contributed by atoms with Gasteiger partial charge in [-0.05, 0) is 24.6 Å². The van der Waals surface area contributed by atoms with Crippen molar-refractivity contribution in [1.82, 2.24) is 5.32 Å². The summed E-state index contributed by atoms with van der Waals surface area (Å²) in [5.74, 6) is -0.0327. The van der Waals surface area contributed by atoms with Crippen LogP contribution >= 0.6 is 0 Å². The van der Waals surface area contributed by atoms with E-state index in [9.17, 15) is 4.79 Å². The van der Waals surface area contributed by atoms with Crippen LogP contribution in [0.15, 0.2) is 18.2 Å². The minimum absolute atomic E-state index is 0.108. The molecular weight excluding hydrogens is 284 g/mol. The number of methoxy groups -OCH3 is 2. The second kappa shape index (κ2) is 10.0. The topological polar surface area (TPSA) is 71.0 Å². The van der Waals surface area contributed by atoms with E-state index >= 15 is 0 Å². The molecular formula is C16H26N2O4. The van der Waals surface area contributed by atoms with Gasteiger partial charge in [-0.2, -0.15) is 0 Å². The van der Waals surface area contributed by atoms with Crippen molar-refractivity contribution in [2.75, 3.05) is 45.4 Å². The monoisotopic (exact) mass is 310 g/mol. The first-order valence-corrected chi connectivity index (χ1v) is 7.45. The molecule has 1 rings (SSSR count). The van der Waals surface area contributed by atoms with Crippen LogP contribution in [0.4, 0.5) is 5.69 Å². The van der Waals surface area contributed by atoms with E-state index in [2.05, 4.69) is 5.32 Å². The molecule has 0 amide bonds. The summed E-state index contributed by atoms with van der Waals surface area (Å²) in [5, 5.41) is 12.1. The Morgan fingerprint density at radius 2 is 2.14 bits per heavy atom. The second-order valence-electron chi connectivity index (χ2n) is 4.90. The third-order valence-corrected chi connectivity index (χ3v) is 3.37. The van der Waals surface area contributed by atoms with Crippen LogP contribution in [0.2, 0.25) is 0 Å². The number of hydrogen-bond donors (Lipinski definition) is 2. The molecule has 22 heavy (non-hydrogen) atoms. The molecule has 0 bridgehead atoms. The van der Waals surface area contributed by atoms with E-state index in [1.54, 1.807) is 14.2 Å². The van der Waals surface area contributed by atoms with Gasteiger partial charge in [0, 0.05) is 33.3 Å². The highest BCUT2D eigenvalue weighted by Gasteiger charge is 2.12. The largest absolute Gasteiger partial charge is 0.495 e. The summed E-state index contributed by atoms with van der Waals surface area (Å²) in [5.41, 5.74) is 2.04. The van der Waals surface area contributed by atoms with Gasteiger partial charge >= 0.3 is 5.97 Å². The summed E-state index contributed by atoms with van der Waals surface area (Å²) in [6, 6.07) is 6.00. The molecule has 0 spiro atoms. The van der Waals surface area contributed by atoms with Gasteiger partial charge in [0.05, 0.1) is 25.8 Å². The van der Waals surface area contributed by atoms with Crippen molar-refractivity contribution in [1.29, 1.82) is 0 Å². The Morgan fingerprint density at radius 1 is 1.36 bits per heavy atom. The average Bonchev–Trinajstić information content (AvgIpc) is 2.52. The van der Waals surface area contributed by atoms with Crippen LogP contribution in [0.5, 0.6) is 5.75 Å². The zero-order chi connectivity index (χ0) is 16.4. The van der Waals surface area contributed by atoms with E-state index in [0.29, 0.717) is 13.2 Å². The molecule has 6 nitrogen and oxygen atoms in total. The lowest BCUT2D eigenvalue weighted by molar-refractivity contribution is -0.136. The maximum Gasteiger partial charge on any atom is 0.305 e. The predicted octanol–water partition coefficient (Wildman–Crippen LogP) is 1.73. The third kappa shape index (κ3) is 5.91. The van der Waals surface area contributed by atoms with Gasteiger partial charge in [-0.25, -0.2) is 0 Å². The number of carboxylic acids is 1. The fourth-order valence-electron chi connectivity index (χ4n) is 2.18. The van der Waals surface area contributed by atoms with Crippen molar-refractivity contribution in [3.05, 3.63) is 23.8 Å². The molecule has 0 fully saturated rings. The summed E-state index contributed by atoms with van der Waals surface area (Å²) in [6.07, 6.45) is 0.108. The first-order chi connectivity index (χ1) is 10.6. The third-order valence-electron chi connectivity index (χ3n) is 3.37. The molecule has 2 N–H and O–H groups in total. The summed E-state index contributed by atoms with van der Waals surface area (Å²) in [6.45, 7) is 5.40. The number of anilines is 1. The van der Waals surface area contributed by atoms with Gasteiger partial charge in [0.2, 0.25) is 0 Å². The number of rotatable bonds is 11. The zero-order valence-corrected chi connectivity index (χ0v) is 13.6. The van der Waals surface area contributed by atoms with E-state index in [-0.39, 0.29) is 6.42 Å². The molecule has 124 valence electrons. The van der Waals surface area contributed by atoms with Crippen molar-refractivity contribution in [2.45, 2.75) is 19.9 Å². The quantitative estimate of drug-likeness (QED) is 0.607. The van der Waals surface area contributed by atoms with Gasteiger partial charge in [-0.3, -0.25) is 4.79 Å². The first-order valence-electron chi connectivity index (χ1n) is 7.45.